The van der Waals surface area contributed by atoms with Crippen LogP contribution in [0.15, 0.2) is 23.1 Å². The van der Waals surface area contributed by atoms with E-state index in [1.54, 1.807) is 23.1 Å². The van der Waals surface area contributed by atoms with E-state index < -0.39 is 15.8 Å². The lowest BCUT2D eigenvalue weighted by Gasteiger charge is -2.36. The Kier molecular flexibility index (Phi) is 5.05. The summed E-state index contributed by atoms with van der Waals surface area (Å²) in [5, 5.41) is 0. The van der Waals surface area contributed by atoms with E-state index in [9.17, 15) is 13.2 Å². The fraction of sp³-hybridized carbons (Fsp3) is 0.667. The fourth-order valence-corrected chi connectivity index (χ4v) is 6.00. The molecule has 0 aromatic heterocycles. The van der Waals surface area contributed by atoms with Crippen molar-refractivity contribution in [3.63, 3.8) is 0 Å². The van der Waals surface area contributed by atoms with Crippen LogP contribution in [-0.2, 0) is 29.7 Å². The van der Waals surface area contributed by atoms with Crippen LogP contribution in [0.3, 0.4) is 0 Å². The van der Waals surface area contributed by atoms with Crippen LogP contribution in [0.5, 0.6) is 0 Å². The largest absolute Gasteiger partial charge is 0.347 e. The van der Waals surface area contributed by atoms with Gasteiger partial charge in [-0.25, -0.2) is 8.42 Å². The zero-order valence-corrected chi connectivity index (χ0v) is 18.4. The molecule has 0 bridgehead atoms. The number of hydrogen-bond acceptors (Lipinski definition) is 5. The maximum atomic E-state index is 13.3. The first-order valence-electron chi connectivity index (χ1n) is 10.3. The van der Waals surface area contributed by atoms with Crippen molar-refractivity contribution in [2.45, 2.75) is 56.6 Å². The number of anilines is 1. The van der Waals surface area contributed by atoms with E-state index in [0.29, 0.717) is 45.7 Å². The molecule has 160 valence electrons. The number of carbonyl (C=O) groups excluding carboxylic acids is 1. The van der Waals surface area contributed by atoms with E-state index in [1.807, 2.05) is 13.8 Å². The molecule has 7 nitrogen and oxygen atoms in total. The second kappa shape index (κ2) is 7.04. The number of nitrogens with zero attached hydrogens (tertiary/aromatic N) is 2. The van der Waals surface area contributed by atoms with Gasteiger partial charge in [-0.3, -0.25) is 4.79 Å². The minimum atomic E-state index is -3.62. The van der Waals surface area contributed by atoms with Crippen molar-refractivity contribution >= 4 is 21.6 Å². The Morgan fingerprint density at radius 2 is 1.72 bits per heavy atom. The highest BCUT2D eigenvalue weighted by molar-refractivity contribution is 7.89. The standard InChI is InChI=1S/C21H30N2O5S/c1-15(2)19(24)23-14-20(3,4)17-13-16(5-6-18(17)23)29(25,26)22-9-7-21(8-10-22)27-11-12-28-21/h5-6,13,15H,7-12,14H2,1-4H3. The molecule has 1 aromatic rings. The molecule has 2 saturated heterocycles. The summed E-state index contributed by atoms with van der Waals surface area (Å²) in [5.41, 5.74) is 1.42. The van der Waals surface area contributed by atoms with E-state index in [-0.39, 0.29) is 22.1 Å². The van der Waals surface area contributed by atoms with Gasteiger partial charge in [0, 0.05) is 49.5 Å². The third-order valence-electron chi connectivity index (χ3n) is 6.24. The smallest absolute Gasteiger partial charge is 0.243 e. The molecule has 0 radical (unpaired) electrons. The van der Waals surface area contributed by atoms with Gasteiger partial charge in [0.25, 0.3) is 0 Å². The summed E-state index contributed by atoms with van der Waals surface area (Å²) in [6.07, 6.45) is 1.08. The predicted octanol–water partition coefficient (Wildman–Crippen LogP) is 2.49. The van der Waals surface area contributed by atoms with E-state index in [2.05, 4.69) is 13.8 Å². The molecule has 0 unspecified atom stereocenters. The zero-order chi connectivity index (χ0) is 21.0. The van der Waals surface area contributed by atoms with E-state index in [4.69, 9.17) is 9.47 Å². The molecule has 3 heterocycles. The van der Waals surface area contributed by atoms with Crippen molar-refractivity contribution in [2.24, 2.45) is 5.92 Å². The van der Waals surface area contributed by atoms with Crippen LogP contribution in [0.1, 0.15) is 46.1 Å². The monoisotopic (exact) mass is 422 g/mol. The van der Waals surface area contributed by atoms with E-state index in [0.717, 1.165) is 11.3 Å². The van der Waals surface area contributed by atoms with Crippen molar-refractivity contribution in [1.29, 1.82) is 0 Å². The molecule has 4 rings (SSSR count). The summed E-state index contributed by atoms with van der Waals surface area (Å²) in [7, 11) is -3.62. The number of benzene rings is 1. The molecule has 2 fully saturated rings. The Balaban J connectivity index is 1.61. The van der Waals surface area contributed by atoms with Gasteiger partial charge in [-0.1, -0.05) is 27.7 Å². The lowest BCUT2D eigenvalue weighted by molar-refractivity contribution is -0.179. The average molecular weight is 423 g/mol. The Hall–Kier alpha value is -1.48. The minimum absolute atomic E-state index is 0.0605. The lowest BCUT2D eigenvalue weighted by Crippen LogP contribution is -2.47. The van der Waals surface area contributed by atoms with Gasteiger partial charge in [0.05, 0.1) is 18.1 Å². The van der Waals surface area contributed by atoms with Crippen LogP contribution in [0.25, 0.3) is 0 Å². The summed E-state index contributed by atoms with van der Waals surface area (Å²) in [6.45, 7) is 10.3. The predicted molar refractivity (Wildman–Crippen MR) is 109 cm³/mol. The number of hydrogen-bond donors (Lipinski definition) is 0. The summed E-state index contributed by atoms with van der Waals surface area (Å²) >= 11 is 0. The van der Waals surface area contributed by atoms with Crippen LogP contribution in [-0.4, -0.2) is 57.3 Å². The third-order valence-corrected chi connectivity index (χ3v) is 8.13. The van der Waals surface area contributed by atoms with Gasteiger partial charge < -0.3 is 14.4 Å². The summed E-state index contributed by atoms with van der Waals surface area (Å²) < 4.78 is 39.5. The second-order valence-electron chi connectivity index (χ2n) is 9.15. The van der Waals surface area contributed by atoms with Crippen LogP contribution in [0.4, 0.5) is 5.69 Å². The van der Waals surface area contributed by atoms with Crippen LogP contribution in [0.2, 0.25) is 0 Å². The highest BCUT2D eigenvalue weighted by atomic mass is 32.2. The van der Waals surface area contributed by atoms with Gasteiger partial charge in [0.2, 0.25) is 15.9 Å². The molecule has 29 heavy (non-hydrogen) atoms. The van der Waals surface area contributed by atoms with Crippen molar-refractivity contribution in [1.82, 2.24) is 4.31 Å². The maximum Gasteiger partial charge on any atom is 0.243 e. The summed E-state index contributed by atoms with van der Waals surface area (Å²) in [6, 6.07) is 5.17. The van der Waals surface area contributed by atoms with Crippen molar-refractivity contribution < 1.29 is 22.7 Å². The van der Waals surface area contributed by atoms with E-state index in [1.165, 1.54) is 4.31 Å². The van der Waals surface area contributed by atoms with Gasteiger partial charge in [-0.2, -0.15) is 4.31 Å². The second-order valence-corrected chi connectivity index (χ2v) is 11.1. The van der Waals surface area contributed by atoms with Crippen LogP contribution < -0.4 is 4.90 Å². The summed E-state index contributed by atoms with van der Waals surface area (Å²) in [5.74, 6) is -0.657. The van der Waals surface area contributed by atoms with Gasteiger partial charge in [-0.05, 0) is 23.8 Å². The molecule has 0 N–H and O–H groups in total. The first-order valence-corrected chi connectivity index (χ1v) is 11.7. The lowest BCUT2D eigenvalue weighted by atomic mass is 9.87. The van der Waals surface area contributed by atoms with Gasteiger partial charge in [-0.15, -0.1) is 0 Å². The quantitative estimate of drug-likeness (QED) is 0.748. The number of piperidine rings is 1. The average Bonchev–Trinajstić information content (AvgIpc) is 3.23. The normalized spacial score (nSPS) is 23.7. The van der Waals surface area contributed by atoms with E-state index >= 15 is 0 Å². The highest BCUT2D eigenvalue weighted by Gasteiger charge is 2.44. The maximum absolute atomic E-state index is 13.3. The molecule has 0 aliphatic carbocycles. The SMILES string of the molecule is CC(C)C(=O)N1CC(C)(C)c2cc(S(=O)(=O)N3CCC4(CC3)OCCO4)ccc21. The van der Waals surface area contributed by atoms with Gasteiger partial charge >= 0.3 is 0 Å². The Morgan fingerprint density at radius 3 is 2.31 bits per heavy atom. The molecular formula is C21H30N2O5S. The molecule has 3 aliphatic heterocycles. The molecule has 1 spiro atoms. The Bertz CT molecular complexity index is 909. The topological polar surface area (TPSA) is 76.2 Å². The number of carbonyl (C=O) groups is 1. The molecular weight excluding hydrogens is 392 g/mol. The molecule has 0 saturated carbocycles. The fourth-order valence-electron chi connectivity index (χ4n) is 4.53. The molecule has 0 atom stereocenters. The number of rotatable bonds is 3. The van der Waals surface area contributed by atoms with Crippen LogP contribution in [0, 0.1) is 5.92 Å². The molecule has 1 amide bonds. The number of ether oxygens (including phenoxy) is 2. The van der Waals surface area contributed by atoms with Gasteiger partial charge in [0.15, 0.2) is 5.79 Å². The number of fused-ring (bicyclic) bond motifs is 1. The van der Waals surface area contributed by atoms with Crippen LogP contribution >= 0.6 is 0 Å². The number of sulfonamides is 1. The highest BCUT2D eigenvalue weighted by Crippen LogP contribution is 2.43. The third kappa shape index (κ3) is 3.50. The van der Waals surface area contributed by atoms with Gasteiger partial charge in [0.1, 0.15) is 0 Å². The zero-order valence-electron chi connectivity index (χ0n) is 17.6. The van der Waals surface area contributed by atoms with Crippen molar-refractivity contribution in [2.75, 3.05) is 37.7 Å². The minimum Gasteiger partial charge on any atom is -0.347 e. The number of amides is 1. The first kappa shape index (κ1) is 20.8. The first-order chi connectivity index (χ1) is 13.6. The molecule has 1 aromatic carbocycles. The summed E-state index contributed by atoms with van der Waals surface area (Å²) in [4.78, 5) is 14.7. The van der Waals surface area contributed by atoms with Crippen molar-refractivity contribution in [3.8, 4) is 0 Å². The molecule has 3 aliphatic rings. The Morgan fingerprint density at radius 1 is 1.10 bits per heavy atom. The Labute approximate surface area is 173 Å². The van der Waals surface area contributed by atoms with Crippen molar-refractivity contribution in [3.05, 3.63) is 23.8 Å². The molecule has 8 heteroatoms.